The third kappa shape index (κ3) is 4.00. The molecule has 0 aliphatic heterocycles. The Morgan fingerprint density at radius 3 is 2.74 bits per heavy atom. The van der Waals surface area contributed by atoms with E-state index in [2.05, 4.69) is 10.3 Å². The minimum Gasteiger partial charge on any atom is -0.449 e. The Morgan fingerprint density at radius 1 is 1.26 bits per heavy atom. The van der Waals surface area contributed by atoms with Gasteiger partial charge < -0.3 is 9.73 Å². The normalized spacial score (nSPS) is 10.7. The van der Waals surface area contributed by atoms with Gasteiger partial charge in [-0.2, -0.15) is 0 Å². The smallest absolute Gasteiger partial charge is 0.287 e. The number of halogens is 1. The Morgan fingerprint density at radius 2 is 2.04 bits per heavy atom. The fraction of sp³-hybridized carbons (Fsp3) is 0.176. The number of furan rings is 1. The van der Waals surface area contributed by atoms with Crippen LogP contribution in [0, 0.1) is 6.92 Å². The van der Waals surface area contributed by atoms with Crippen molar-refractivity contribution < 1.29 is 9.21 Å². The van der Waals surface area contributed by atoms with Crippen LogP contribution in [0.3, 0.4) is 0 Å². The highest BCUT2D eigenvalue weighted by Crippen LogP contribution is 2.23. The van der Waals surface area contributed by atoms with Crippen LogP contribution in [0.1, 0.15) is 21.1 Å². The SMILES string of the molecule is Cc1nc(-c2ccc(C(=O)NCCc3ccc(Cl)cc3)o2)cs1. The van der Waals surface area contributed by atoms with Crippen LogP contribution in [0.15, 0.2) is 46.2 Å². The van der Waals surface area contributed by atoms with Crippen LogP contribution >= 0.6 is 22.9 Å². The van der Waals surface area contributed by atoms with Gasteiger partial charge in [-0.3, -0.25) is 4.79 Å². The number of thiazole rings is 1. The van der Waals surface area contributed by atoms with Crippen molar-refractivity contribution in [2.75, 3.05) is 6.54 Å². The Labute approximate surface area is 143 Å². The van der Waals surface area contributed by atoms with Crippen molar-refractivity contribution in [3.05, 3.63) is 63.1 Å². The summed E-state index contributed by atoms with van der Waals surface area (Å²) < 4.78 is 5.58. The van der Waals surface area contributed by atoms with Gasteiger partial charge in [-0.15, -0.1) is 11.3 Å². The predicted octanol–water partition coefficient (Wildman–Crippen LogP) is 4.34. The van der Waals surface area contributed by atoms with E-state index in [-0.39, 0.29) is 5.91 Å². The Bertz CT molecular complexity index is 808. The molecule has 0 fully saturated rings. The molecule has 1 aromatic carbocycles. The lowest BCUT2D eigenvalue weighted by Gasteiger charge is -2.03. The fourth-order valence-corrected chi connectivity index (χ4v) is 2.86. The lowest BCUT2D eigenvalue weighted by atomic mass is 10.1. The number of rotatable bonds is 5. The number of nitrogens with one attached hydrogen (secondary N) is 1. The van der Waals surface area contributed by atoms with Gasteiger partial charge in [0.15, 0.2) is 11.5 Å². The van der Waals surface area contributed by atoms with Gasteiger partial charge in [0.2, 0.25) is 0 Å². The predicted molar refractivity (Wildman–Crippen MR) is 92.0 cm³/mol. The zero-order valence-corrected chi connectivity index (χ0v) is 14.1. The molecule has 0 spiro atoms. The Balaban J connectivity index is 1.56. The maximum atomic E-state index is 12.1. The van der Waals surface area contributed by atoms with Crippen molar-refractivity contribution in [1.29, 1.82) is 0 Å². The second-order valence-electron chi connectivity index (χ2n) is 5.05. The molecule has 0 radical (unpaired) electrons. The molecule has 23 heavy (non-hydrogen) atoms. The average Bonchev–Trinajstić information content (AvgIpc) is 3.18. The highest BCUT2D eigenvalue weighted by atomic mass is 35.5. The van der Waals surface area contributed by atoms with E-state index in [9.17, 15) is 4.79 Å². The van der Waals surface area contributed by atoms with Crippen molar-refractivity contribution in [2.45, 2.75) is 13.3 Å². The maximum absolute atomic E-state index is 12.1. The molecule has 0 aliphatic carbocycles. The van der Waals surface area contributed by atoms with Crippen LogP contribution in [0.2, 0.25) is 5.02 Å². The Hall–Kier alpha value is -2.11. The molecule has 0 bridgehead atoms. The van der Waals surface area contributed by atoms with Crippen LogP contribution < -0.4 is 5.32 Å². The quantitative estimate of drug-likeness (QED) is 0.747. The lowest BCUT2D eigenvalue weighted by Crippen LogP contribution is -2.25. The molecule has 3 aromatic rings. The zero-order valence-electron chi connectivity index (χ0n) is 12.5. The fourth-order valence-electron chi connectivity index (χ4n) is 2.13. The summed E-state index contributed by atoms with van der Waals surface area (Å²) in [4.78, 5) is 16.4. The summed E-state index contributed by atoms with van der Waals surface area (Å²) in [7, 11) is 0. The number of hydrogen-bond acceptors (Lipinski definition) is 4. The van der Waals surface area contributed by atoms with E-state index in [4.69, 9.17) is 16.0 Å². The first-order valence-electron chi connectivity index (χ1n) is 7.17. The van der Waals surface area contributed by atoms with Gasteiger partial charge in [0, 0.05) is 16.9 Å². The average molecular weight is 347 g/mol. The van der Waals surface area contributed by atoms with E-state index < -0.39 is 0 Å². The van der Waals surface area contributed by atoms with E-state index >= 15 is 0 Å². The first-order chi connectivity index (χ1) is 11.1. The number of aryl methyl sites for hydroxylation is 1. The van der Waals surface area contributed by atoms with Gasteiger partial charge in [0.25, 0.3) is 5.91 Å². The first-order valence-corrected chi connectivity index (χ1v) is 8.42. The topological polar surface area (TPSA) is 55.1 Å². The molecule has 0 aliphatic rings. The van der Waals surface area contributed by atoms with Crippen LogP contribution in [-0.2, 0) is 6.42 Å². The van der Waals surface area contributed by atoms with E-state index in [0.717, 1.165) is 22.7 Å². The second-order valence-corrected chi connectivity index (χ2v) is 6.55. The minimum atomic E-state index is -0.225. The molecule has 0 atom stereocenters. The van der Waals surface area contributed by atoms with Crippen LogP contribution in [0.5, 0.6) is 0 Å². The summed E-state index contributed by atoms with van der Waals surface area (Å²) in [5.41, 5.74) is 1.88. The first kappa shape index (κ1) is 15.8. The Kier molecular flexibility index (Phi) is 4.79. The third-order valence-electron chi connectivity index (χ3n) is 3.31. The number of benzene rings is 1. The van der Waals surface area contributed by atoms with Gasteiger partial charge in [-0.1, -0.05) is 23.7 Å². The van der Waals surface area contributed by atoms with E-state index in [1.54, 1.807) is 23.5 Å². The molecular weight excluding hydrogens is 332 g/mol. The van der Waals surface area contributed by atoms with E-state index in [1.165, 1.54) is 0 Å². The van der Waals surface area contributed by atoms with Crippen molar-refractivity contribution in [3.63, 3.8) is 0 Å². The second kappa shape index (κ2) is 6.98. The van der Waals surface area contributed by atoms with Gasteiger partial charge in [-0.25, -0.2) is 4.98 Å². The number of nitrogens with zero attached hydrogens (tertiary/aromatic N) is 1. The van der Waals surface area contributed by atoms with Crippen LogP contribution in [0.4, 0.5) is 0 Å². The van der Waals surface area contributed by atoms with E-state index in [0.29, 0.717) is 23.1 Å². The van der Waals surface area contributed by atoms with Gasteiger partial charge in [0.1, 0.15) is 5.69 Å². The van der Waals surface area contributed by atoms with Gasteiger partial charge in [0.05, 0.1) is 5.01 Å². The molecule has 1 amide bonds. The lowest BCUT2D eigenvalue weighted by molar-refractivity contribution is 0.0927. The molecule has 2 aromatic heterocycles. The molecule has 4 nitrogen and oxygen atoms in total. The molecule has 0 unspecified atom stereocenters. The third-order valence-corrected chi connectivity index (χ3v) is 4.34. The molecule has 2 heterocycles. The van der Waals surface area contributed by atoms with Crippen molar-refractivity contribution >= 4 is 28.8 Å². The maximum Gasteiger partial charge on any atom is 0.287 e. The summed E-state index contributed by atoms with van der Waals surface area (Å²) in [6.07, 6.45) is 0.738. The van der Waals surface area contributed by atoms with Crippen molar-refractivity contribution in [1.82, 2.24) is 10.3 Å². The number of carbonyl (C=O) groups excluding carboxylic acids is 1. The van der Waals surface area contributed by atoms with Gasteiger partial charge >= 0.3 is 0 Å². The van der Waals surface area contributed by atoms with Gasteiger partial charge in [-0.05, 0) is 43.2 Å². The summed E-state index contributed by atoms with van der Waals surface area (Å²) in [5, 5.41) is 6.43. The number of amides is 1. The minimum absolute atomic E-state index is 0.225. The summed E-state index contributed by atoms with van der Waals surface area (Å²) >= 11 is 7.39. The molecule has 3 rings (SSSR count). The number of carbonyl (C=O) groups is 1. The van der Waals surface area contributed by atoms with E-state index in [1.807, 2.05) is 36.6 Å². The standard InChI is InChI=1S/C17H15ClN2O2S/c1-11-20-14(10-23-11)15-6-7-16(22-15)17(21)19-9-8-12-2-4-13(18)5-3-12/h2-7,10H,8-9H2,1H3,(H,19,21). The summed E-state index contributed by atoms with van der Waals surface area (Å²) in [6, 6.07) is 11.0. The zero-order chi connectivity index (χ0) is 16.2. The molecule has 118 valence electrons. The van der Waals surface area contributed by atoms with Crippen molar-refractivity contribution in [3.8, 4) is 11.5 Å². The van der Waals surface area contributed by atoms with Crippen LogP contribution in [-0.4, -0.2) is 17.4 Å². The summed E-state index contributed by atoms with van der Waals surface area (Å²) in [6.45, 7) is 2.47. The van der Waals surface area contributed by atoms with Crippen molar-refractivity contribution in [2.24, 2.45) is 0 Å². The molecular formula is C17H15ClN2O2S. The molecule has 1 N–H and O–H groups in total. The molecule has 0 saturated carbocycles. The monoisotopic (exact) mass is 346 g/mol. The largest absolute Gasteiger partial charge is 0.449 e. The van der Waals surface area contributed by atoms with Crippen LogP contribution in [0.25, 0.3) is 11.5 Å². The molecule has 6 heteroatoms. The number of hydrogen-bond donors (Lipinski definition) is 1. The highest BCUT2D eigenvalue weighted by molar-refractivity contribution is 7.09. The number of aromatic nitrogens is 1. The summed E-state index contributed by atoms with van der Waals surface area (Å²) in [5.74, 6) is 0.677. The highest BCUT2D eigenvalue weighted by Gasteiger charge is 2.13. The molecule has 0 saturated heterocycles.